The smallest absolute Gasteiger partial charge is 0.251 e. The fourth-order valence-corrected chi connectivity index (χ4v) is 3.10. The Hall–Kier alpha value is -2.31. The first-order valence-corrected chi connectivity index (χ1v) is 8.22. The lowest BCUT2D eigenvalue weighted by atomic mass is 10.00. The second-order valence-electron chi connectivity index (χ2n) is 5.99. The molecule has 1 fully saturated rings. The van der Waals surface area contributed by atoms with Crippen LogP contribution < -0.4 is 10.6 Å². The van der Waals surface area contributed by atoms with E-state index in [9.17, 15) is 4.79 Å². The number of hydrogen-bond donors (Lipinski definition) is 2. The normalized spacial score (nSPS) is 18.3. The number of rotatable bonds is 4. The van der Waals surface area contributed by atoms with Gasteiger partial charge in [0.05, 0.1) is 5.69 Å². The molecule has 1 unspecified atom stereocenters. The number of carbonyl (C=O) groups excluding carboxylic acids is 1. The average Bonchev–Trinajstić information content (AvgIpc) is 2.61. The summed E-state index contributed by atoms with van der Waals surface area (Å²) in [7, 11) is 1.65. The van der Waals surface area contributed by atoms with Gasteiger partial charge in [-0.2, -0.15) is 0 Å². The molecule has 0 radical (unpaired) electrons. The summed E-state index contributed by atoms with van der Waals surface area (Å²) >= 11 is 0. The molecule has 0 bridgehead atoms. The summed E-state index contributed by atoms with van der Waals surface area (Å²) < 4.78 is 0. The standard InChI is InChI=1S/C18H23N5O/c1-13-21-7-6-16(22-13)12-23-9-8-20-11-17(23)14-4-3-5-15(10-14)18(24)19-2/h3-7,10,17,20H,8-9,11-12H2,1-2H3,(H,19,24). The number of aryl methyl sites for hydroxylation is 1. The summed E-state index contributed by atoms with van der Waals surface area (Å²) in [5.41, 5.74) is 2.87. The van der Waals surface area contributed by atoms with E-state index in [2.05, 4.69) is 31.6 Å². The number of amides is 1. The van der Waals surface area contributed by atoms with Gasteiger partial charge in [-0.3, -0.25) is 9.69 Å². The van der Waals surface area contributed by atoms with Crippen LogP contribution in [0.25, 0.3) is 0 Å². The zero-order chi connectivity index (χ0) is 16.9. The third kappa shape index (κ3) is 3.77. The maximum atomic E-state index is 11.9. The molecule has 0 spiro atoms. The van der Waals surface area contributed by atoms with Crippen LogP contribution in [0.4, 0.5) is 0 Å². The second kappa shape index (κ2) is 7.51. The van der Waals surface area contributed by atoms with Crippen molar-refractivity contribution in [1.82, 2.24) is 25.5 Å². The highest BCUT2D eigenvalue weighted by Crippen LogP contribution is 2.24. The van der Waals surface area contributed by atoms with Gasteiger partial charge < -0.3 is 10.6 Å². The van der Waals surface area contributed by atoms with Gasteiger partial charge in [-0.1, -0.05) is 12.1 Å². The molecule has 6 nitrogen and oxygen atoms in total. The van der Waals surface area contributed by atoms with Crippen molar-refractivity contribution in [1.29, 1.82) is 0 Å². The molecular formula is C18H23N5O. The third-order valence-corrected chi connectivity index (χ3v) is 4.31. The minimum absolute atomic E-state index is 0.0569. The van der Waals surface area contributed by atoms with Crippen molar-refractivity contribution in [3.63, 3.8) is 0 Å². The Bertz CT molecular complexity index is 718. The number of aromatic nitrogens is 2. The summed E-state index contributed by atoms with van der Waals surface area (Å²) in [4.78, 5) is 23.0. The lowest BCUT2D eigenvalue weighted by molar-refractivity contribution is 0.0962. The minimum atomic E-state index is -0.0569. The SMILES string of the molecule is CNC(=O)c1cccc(C2CNCCN2Cc2ccnc(C)n2)c1. The molecule has 6 heteroatoms. The lowest BCUT2D eigenvalue weighted by Crippen LogP contribution is -2.45. The summed E-state index contributed by atoms with van der Waals surface area (Å²) in [6, 6.07) is 10.0. The molecule has 2 aromatic rings. The highest BCUT2D eigenvalue weighted by atomic mass is 16.1. The number of nitrogens with one attached hydrogen (secondary N) is 2. The number of piperazine rings is 1. The van der Waals surface area contributed by atoms with Gasteiger partial charge in [0.1, 0.15) is 5.82 Å². The maximum absolute atomic E-state index is 11.9. The third-order valence-electron chi connectivity index (χ3n) is 4.31. The summed E-state index contributed by atoms with van der Waals surface area (Å²) in [6.07, 6.45) is 1.81. The molecule has 1 saturated heterocycles. The van der Waals surface area contributed by atoms with Gasteiger partial charge in [0.25, 0.3) is 5.91 Å². The first-order valence-electron chi connectivity index (χ1n) is 8.22. The zero-order valence-corrected chi connectivity index (χ0v) is 14.1. The Labute approximate surface area is 142 Å². The molecule has 126 valence electrons. The van der Waals surface area contributed by atoms with E-state index >= 15 is 0 Å². The lowest BCUT2D eigenvalue weighted by Gasteiger charge is -2.36. The van der Waals surface area contributed by atoms with Crippen LogP contribution in [0.1, 0.15) is 33.5 Å². The predicted molar refractivity (Wildman–Crippen MR) is 92.6 cm³/mol. The second-order valence-corrected chi connectivity index (χ2v) is 5.99. The fourth-order valence-electron chi connectivity index (χ4n) is 3.10. The quantitative estimate of drug-likeness (QED) is 0.886. The van der Waals surface area contributed by atoms with E-state index in [1.807, 2.05) is 31.2 Å². The van der Waals surface area contributed by atoms with Crippen molar-refractivity contribution in [2.24, 2.45) is 0 Å². The van der Waals surface area contributed by atoms with Crippen LogP contribution in [0.15, 0.2) is 36.5 Å². The molecule has 2 N–H and O–H groups in total. The van der Waals surface area contributed by atoms with E-state index in [0.29, 0.717) is 5.56 Å². The van der Waals surface area contributed by atoms with E-state index in [1.54, 1.807) is 13.2 Å². The predicted octanol–water partition coefficient (Wildman–Crippen LogP) is 1.29. The van der Waals surface area contributed by atoms with Gasteiger partial charge in [-0.05, 0) is 30.7 Å². The van der Waals surface area contributed by atoms with Gasteiger partial charge in [-0.15, -0.1) is 0 Å². The Balaban J connectivity index is 1.83. The van der Waals surface area contributed by atoms with Gasteiger partial charge >= 0.3 is 0 Å². The van der Waals surface area contributed by atoms with Gasteiger partial charge in [0, 0.05) is 51.0 Å². The molecule has 1 aliphatic heterocycles. The van der Waals surface area contributed by atoms with E-state index in [1.165, 1.54) is 0 Å². The van der Waals surface area contributed by atoms with E-state index in [-0.39, 0.29) is 11.9 Å². The summed E-state index contributed by atoms with van der Waals surface area (Å²) in [5, 5.41) is 6.13. The number of benzene rings is 1. The first-order chi connectivity index (χ1) is 11.7. The van der Waals surface area contributed by atoms with Crippen LogP contribution in [-0.4, -0.2) is 47.5 Å². The summed E-state index contributed by atoms with van der Waals surface area (Å²) in [6.45, 7) is 5.44. The number of hydrogen-bond acceptors (Lipinski definition) is 5. The molecule has 2 heterocycles. The molecule has 1 amide bonds. The zero-order valence-electron chi connectivity index (χ0n) is 14.1. The van der Waals surface area contributed by atoms with Crippen LogP contribution in [0, 0.1) is 6.92 Å². The molecule has 1 aromatic heterocycles. The van der Waals surface area contributed by atoms with Crippen molar-refractivity contribution >= 4 is 5.91 Å². The highest BCUT2D eigenvalue weighted by Gasteiger charge is 2.24. The molecule has 24 heavy (non-hydrogen) atoms. The topological polar surface area (TPSA) is 70.2 Å². The monoisotopic (exact) mass is 325 g/mol. The molecule has 3 rings (SSSR count). The molecule has 1 atom stereocenters. The Kier molecular flexibility index (Phi) is 5.17. The maximum Gasteiger partial charge on any atom is 0.251 e. The Morgan fingerprint density at radius 1 is 1.42 bits per heavy atom. The summed E-state index contributed by atoms with van der Waals surface area (Å²) in [5.74, 6) is 0.736. The fraction of sp³-hybridized carbons (Fsp3) is 0.389. The van der Waals surface area contributed by atoms with Crippen molar-refractivity contribution < 1.29 is 4.79 Å². The van der Waals surface area contributed by atoms with Crippen LogP contribution in [0.3, 0.4) is 0 Å². The van der Waals surface area contributed by atoms with Crippen molar-refractivity contribution in [2.45, 2.75) is 19.5 Å². The Morgan fingerprint density at radius 2 is 2.29 bits per heavy atom. The van der Waals surface area contributed by atoms with Crippen molar-refractivity contribution in [3.8, 4) is 0 Å². The van der Waals surface area contributed by atoms with E-state index < -0.39 is 0 Å². The minimum Gasteiger partial charge on any atom is -0.355 e. The Morgan fingerprint density at radius 3 is 3.08 bits per heavy atom. The highest BCUT2D eigenvalue weighted by molar-refractivity contribution is 5.94. The molecular weight excluding hydrogens is 302 g/mol. The van der Waals surface area contributed by atoms with Crippen molar-refractivity contribution in [3.05, 3.63) is 59.2 Å². The molecule has 0 saturated carbocycles. The van der Waals surface area contributed by atoms with Crippen molar-refractivity contribution in [2.75, 3.05) is 26.7 Å². The first kappa shape index (κ1) is 16.5. The average molecular weight is 325 g/mol. The largest absolute Gasteiger partial charge is 0.355 e. The number of nitrogens with zero attached hydrogens (tertiary/aromatic N) is 3. The van der Waals surface area contributed by atoms with Gasteiger partial charge in [0.2, 0.25) is 0 Å². The van der Waals surface area contributed by atoms with Crippen LogP contribution in [0.2, 0.25) is 0 Å². The van der Waals surface area contributed by atoms with Gasteiger partial charge in [-0.25, -0.2) is 9.97 Å². The van der Waals surface area contributed by atoms with E-state index in [0.717, 1.165) is 43.3 Å². The van der Waals surface area contributed by atoms with Crippen LogP contribution in [-0.2, 0) is 6.54 Å². The van der Waals surface area contributed by atoms with Crippen LogP contribution in [0.5, 0.6) is 0 Å². The molecule has 1 aliphatic rings. The molecule has 0 aliphatic carbocycles. The number of carbonyl (C=O) groups is 1. The van der Waals surface area contributed by atoms with Gasteiger partial charge in [0.15, 0.2) is 0 Å². The van der Waals surface area contributed by atoms with Crippen LogP contribution >= 0.6 is 0 Å². The van der Waals surface area contributed by atoms with E-state index in [4.69, 9.17) is 0 Å². The molecule has 1 aromatic carbocycles.